The van der Waals surface area contributed by atoms with Crippen molar-refractivity contribution in [1.82, 2.24) is 9.88 Å². The Labute approximate surface area is 168 Å². The van der Waals surface area contributed by atoms with Gasteiger partial charge in [-0.2, -0.15) is 0 Å². The van der Waals surface area contributed by atoms with Crippen molar-refractivity contribution in [2.45, 2.75) is 11.3 Å². The van der Waals surface area contributed by atoms with E-state index in [1.807, 2.05) is 23.1 Å². The van der Waals surface area contributed by atoms with E-state index in [0.717, 1.165) is 29.3 Å². The van der Waals surface area contributed by atoms with Crippen LogP contribution in [-0.2, 0) is 21.1 Å². The van der Waals surface area contributed by atoms with Crippen molar-refractivity contribution in [2.24, 2.45) is 0 Å². The summed E-state index contributed by atoms with van der Waals surface area (Å²) in [6.07, 6.45) is 1.46. The van der Waals surface area contributed by atoms with Gasteiger partial charge in [-0.15, -0.1) is 0 Å². The summed E-state index contributed by atoms with van der Waals surface area (Å²) < 4.78 is 24.2. The van der Waals surface area contributed by atoms with Gasteiger partial charge < -0.3 is 9.80 Å². The fourth-order valence-electron chi connectivity index (χ4n) is 3.28. The number of sulfone groups is 1. The highest BCUT2D eigenvalue weighted by Crippen LogP contribution is 2.29. The van der Waals surface area contributed by atoms with E-state index in [1.165, 1.54) is 11.0 Å². The molecule has 8 heteroatoms. The van der Waals surface area contributed by atoms with Crippen LogP contribution in [0.15, 0.2) is 53.4 Å². The second-order valence-electron chi connectivity index (χ2n) is 6.92. The first-order valence-corrected chi connectivity index (χ1v) is 11.8. The Morgan fingerprint density at radius 2 is 1.71 bits per heavy atom. The molecule has 1 amide bonds. The lowest BCUT2D eigenvalue weighted by atomic mass is 10.1. The molecule has 1 aromatic heterocycles. The van der Waals surface area contributed by atoms with E-state index in [9.17, 15) is 13.2 Å². The first kappa shape index (κ1) is 18.9. The summed E-state index contributed by atoms with van der Waals surface area (Å²) in [7, 11) is -3.22. The van der Waals surface area contributed by atoms with Crippen LogP contribution in [0.1, 0.15) is 5.56 Å². The molecule has 1 aliphatic heterocycles. The Balaban J connectivity index is 1.36. The van der Waals surface area contributed by atoms with Gasteiger partial charge in [-0.25, -0.2) is 13.4 Å². The molecule has 0 aliphatic carbocycles. The predicted octanol–water partition coefficient (Wildman–Crippen LogP) is 2.59. The molecule has 0 N–H and O–H groups in total. The number of aromatic nitrogens is 1. The molecule has 0 radical (unpaired) electrons. The van der Waals surface area contributed by atoms with Gasteiger partial charge in [-0.1, -0.05) is 35.6 Å². The second-order valence-corrected chi connectivity index (χ2v) is 9.95. The fourth-order valence-corrected chi connectivity index (χ4v) is 4.93. The third-order valence-electron chi connectivity index (χ3n) is 4.89. The van der Waals surface area contributed by atoms with E-state index in [0.29, 0.717) is 13.1 Å². The average molecular weight is 416 g/mol. The number of para-hydroxylation sites is 1. The van der Waals surface area contributed by atoms with Gasteiger partial charge in [0.2, 0.25) is 5.91 Å². The van der Waals surface area contributed by atoms with Crippen molar-refractivity contribution < 1.29 is 13.2 Å². The number of amides is 1. The van der Waals surface area contributed by atoms with Crippen molar-refractivity contribution in [3.8, 4) is 0 Å². The predicted molar refractivity (Wildman–Crippen MR) is 112 cm³/mol. The van der Waals surface area contributed by atoms with Crippen LogP contribution >= 0.6 is 11.3 Å². The topological polar surface area (TPSA) is 70.6 Å². The van der Waals surface area contributed by atoms with Crippen LogP contribution in [0, 0.1) is 0 Å². The van der Waals surface area contributed by atoms with Gasteiger partial charge in [0.1, 0.15) is 0 Å². The van der Waals surface area contributed by atoms with Crippen LogP contribution in [-0.4, -0.2) is 56.6 Å². The van der Waals surface area contributed by atoms with Crippen molar-refractivity contribution in [3.05, 3.63) is 54.1 Å². The molecule has 3 aromatic rings. The summed E-state index contributed by atoms with van der Waals surface area (Å²) in [4.78, 5) is 21.7. The molecule has 1 saturated heterocycles. The largest absolute Gasteiger partial charge is 0.345 e. The lowest BCUT2D eigenvalue weighted by Gasteiger charge is -2.34. The van der Waals surface area contributed by atoms with Crippen LogP contribution < -0.4 is 4.90 Å². The first-order valence-electron chi connectivity index (χ1n) is 9.07. The van der Waals surface area contributed by atoms with Crippen LogP contribution in [0.2, 0.25) is 0 Å². The number of piperazine rings is 1. The van der Waals surface area contributed by atoms with E-state index in [2.05, 4.69) is 11.0 Å². The van der Waals surface area contributed by atoms with Gasteiger partial charge in [-0.05, 0) is 29.8 Å². The molecule has 0 spiro atoms. The maximum Gasteiger partial charge on any atom is 0.227 e. The molecule has 0 unspecified atom stereocenters. The molecule has 2 heterocycles. The summed E-state index contributed by atoms with van der Waals surface area (Å²) in [5.74, 6) is 0.0658. The number of hydrogen-bond donors (Lipinski definition) is 0. The normalized spacial score (nSPS) is 15.2. The zero-order chi connectivity index (χ0) is 19.7. The Morgan fingerprint density at radius 1 is 1.04 bits per heavy atom. The highest BCUT2D eigenvalue weighted by Gasteiger charge is 2.23. The summed E-state index contributed by atoms with van der Waals surface area (Å²) in [5, 5.41) is 1.00. The maximum absolute atomic E-state index is 12.6. The number of rotatable bonds is 4. The van der Waals surface area contributed by atoms with Crippen LogP contribution in [0.5, 0.6) is 0 Å². The van der Waals surface area contributed by atoms with E-state index >= 15 is 0 Å². The number of fused-ring (bicyclic) bond motifs is 1. The van der Waals surface area contributed by atoms with E-state index in [4.69, 9.17) is 4.98 Å². The number of carbonyl (C=O) groups is 1. The van der Waals surface area contributed by atoms with E-state index in [1.54, 1.807) is 35.6 Å². The molecular formula is C20H21N3O3S2. The Bertz CT molecular complexity index is 1070. The number of thiazole rings is 1. The molecule has 0 bridgehead atoms. The van der Waals surface area contributed by atoms with Crippen LogP contribution in [0.3, 0.4) is 0 Å². The fraction of sp³-hybridized carbons (Fsp3) is 0.300. The van der Waals surface area contributed by atoms with Gasteiger partial charge in [0.05, 0.1) is 21.5 Å². The van der Waals surface area contributed by atoms with Crippen LogP contribution in [0.25, 0.3) is 10.2 Å². The zero-order valence-corrected chi connectivity index (χ0v) is 17.2. The molecule has 0 atom stereocenters. The van der Waals surface area contributed by atoms with Crippen molar-refractivity contribution in [3.63, 3.8) is 0 Å². The van der Waals surface area contributed by atoms with Gasteiger partial charge in [0.15, 0.2) is 15.0 Å². The lowest BCUT2D eigenvalue weighted by molar-refractivity contribution is -0.130. The number of carbonyl (C=O) groups excluding carboxylic acids is 1. The Morgan fingerprint density at radius 3 is 2.36 bits per heavy atom. The highest BCUT2D eigenvalue weighted by atomic mass is 32.2. The van der Waals surface area contributed by atoms with Gasteiger partial charge in [-0.3, -0.25) is 4.79 Å². The molecule has 1 aliphatic rings. The maximum atomic E-state index is 12.6. The van der Waals surface area contributed by atoms with Crippen molar-refractivity contribution in [1.29, 1.82) is 0 Å². The molecule has 28 heavy (non-hydrogen) atoms. The number of anilines is 1. The SMILES string of the molecule is CS(=O)(=O)c1ccc(CC(=O)N2CCN(c3nc4ccccc4s3)CC2)cc1. The lowest BCUT2D eigenvalue weighted by Crippen LogP contribution is -2.49. The molecule has 6 nitrogen and oxygen atoms in total. The molecule has 0 saturated carbocycles. The summed E-state index contributed by atoms with van der Waals surface area (Å²) >= 11 is 1.68. The minimum atomic E-state index is -3.22. The van der Waals surface area contributed by atoms with E-state index in [-0.39, 0.29) is 17.2 Å². The summed E-state index contributed by atoms with van der Waals surface area (Å²) in [5.41, 5.74) is 1.84. The van der Waals surface area contributed by atoms with Crippen molar-refractivity contribution >= 4 is 42.4 Å². The third kappa shape index (κ3) is 4.02. The minimum absolute atomic E-state index is 0.0658. The highest BCUT2D eigenvalue weighted by molar-refractivity contribution is 7.90. The minimum Gasteiger partial charge on any atom is -0.345 e. The zero-order valence-electron chi connectivity index (χ0n) is 15.5. The summed E-state index contributed by atoms with van der Waals surface area (Å²) in [6, 6.07) is 14.6. The standard InChI is InChI=1S/C20H21N3O3S2/c1-28(25,26)16-8-6-15(7-9-16)14-19(24)22-10-12-23(13-11-22)20-21-17-4-2-3-5-18(17)27-20/h2-9H,10-14H2,1H3. The Hall–Kier alpha value is -2.45. The van der Waals surface area contributed by atoms with Gasteiger partial charge >= 0.3 is 0 Å². The molecule has 2 aromatic carbocycles. The molecular weight excluding hydrogens is 394 g/mol. The third-order valence-corrected chi connectivity index (χ3v) is 7.12. The average Bonchev–Trinajstić information content (AvgIpc) is 3.12. The molecule has 146 valence electrons. The number of benzene rings is 2. The van der Waals surface area contributed by atoms with Gasteiger partial charge in [0.25, 0.3) is 0 Å². The van der Waals surface area contributed by atoms with Gasteiger partial charge in [0, 0.05) is 32.4 Å². The summed E-state index contributed by atoms with van der Waals surface area (Å²) in [6.45, 7) is 2.85. The smallest absolute Gasteiger partial charge is 0.227 e. The van der Waals surface area contributed by atoms with Crippen LogP contribution in [0.4, 0.5) is 5.13 Å². The monoisotopic (exact) mass is 415 g/mol. The number of hydrogen-bond acceptors (Lipinski definition) is 6. The first-order chi connectivity index (χ1) is 13.4. The molecule has 1 fully saturated rings. The molecule has 4 rings (SSSR count). The Kier molecular flexibility index (Phi) is 5.07. The quantitative estimate of drug-likeness (QED) is 0.655. The number of nitrogens with zero attached hydrogens (tertiary/aromatic N) is 3. The van der Waals surface area contributed by atoms with Crippen molar-refractivity contribution in [2.75, 3.05) is 37.3 Å². The van der Waals surface area contributed by atoms with E-state index < -0.39 is 9.84 Å². The second kappa shape index (κ2) is 7.52.